The van der Waals surface area contributed by atoms with Gasteiger partial charge in [0.25, 0.3) is 0 Å². The molecule has 0 unspecified atom stereocenters. The van der Waals surface area contributed by atoms with Gasteiger partial charge in [-0.2, -0.15) is 0 Å². The van der Waals surface area contributed by atoms with Gasteiger partial charge in [0.05, 0.1) is 0 Å². The first-order valence-corrected chi connectivity index (χ1v) is 42.3. The second-order valence-corrected chi connectivity index (χ2v) is 31.4. The molecule has 0 N–H and O–H groups in total. The zero-order valence-corrected chi connectivity index (χ0v) is 68.1. The third-order valence-corrected chi connectivity index (χ3v) is 23.9. The van der Waals surface area contributed by atoms with Gasteiger partial charge < -0.3 is 18.6 Å². The Balaban J connectivity index is 0.000000152. The Bertz CT molecular complexity index is 7350. The third kappa shape index (κ3) is 15.4. The molecule has 0 bridgehead atoms. The maximum Gasteiger partial charge on any atom is 0.135 e. The van der Waals surface area contributed by atoms with E-state index in [1.165, 1.54) is 128 Å². The molecular formula is C120H82N2O2. The lowest BCUT2D eigenvalue weighted by molar-refractivity contribution is 0.668. The van der Waals surface area contributed by atoms with Gasteiger partial charge in [-0.25, -0.2) is 0 Å². The van der Waals surface area contributed by atoms with Crippen LogP contribution in [0.3, 0.4) is 0 Å². The minimum absolute atomic E-state index is 0.911. The van der Waals surface area contributed by atoms with Crippen LogP contribution in [-0.4, -0.2) is 0 Å². The molecule has 0 radical (unpaired) electrons. The predicted molar refractivity (Wildman–Crippen MR) is 522 cm³/mol. The van der Waals surface area contributed by atoms with Crippen LogP contribution in [-0.2, 0) is 0 Å². The fraction of sp³-hybridized carbons (Fsp3) is 0. The van der Waals surface area contributed by atoms with E-state index in [1.807, 2.05) is 24.3 Å². The smallest absolute Gasteiger partial charge is 0.135 e. The van der Waals surface area contributed by atoms with Crippen molar-refractivity contribution in [2.24, 2.45) is 0 Å². The molecule has 0 aliphatic rings. The molecule has 0 saturated heterocycles. The summed E-state index contributed by atoms with van der Waals surface area (Å²) in [6.45, 7) is 0. The lowest BCUT2D eigenvalue weighted by atomic mass is 9.94. The van der Waals surface area contributed by atoms with Crippen LogP contribution in [0.25, 0.3) is 177 Å². The average molecular weight is 1580 g/mol. The Kier molecular flexibility index (Phi) is 20.5. The topological polar surface area (TPSA) is 32.8 Å². The SMILES string of the molecule is c1ccc(-c2ccc(-c3ccc(N(c4ccc(-c5ccc(-c6ccc7oc8ccccc8c7c6)cc5)cc4)c4ccc(-c5cccc(-c6ccccc6)c5)cc4)cc3)cc2)cc1.c1ccc(-c2ccccc2-c2ccc(N(c3ccc(-c4ccc(-c5ccc6oc7ccccc7c6c5)cc4)cc3)c3ccc(-c4ccccc4-c4ccccc4)cc3)cc2)cc1. The van der Waals surface area contributed by atoms with Gasteiger partial charge in [0.1, 0.15) is 22.3 Å². The Labute approximate surface area is 722 Å². The number of rotatable bonds is 18. The Morgan fingerprint density at radius 3 is 0.581 bits per heavy atom. The quantitative estimate of drug-likeness (QED) is 0.0857. The molecular weight excluding hydrogens is 1500 g/mol. The molecule has 22 rings (SSSR count). The van der Waals surface area contributed by atoms with Crippen LogP contribution in [0, 0.1) is 0 Å². The molecule has 124 heavy (non-hydrogen) atoms. The van der Waals surface area contributed by atoms with Crippen LogP contribution >= 0.6 is 0 Å². The summed E-state index contributed by atoms with van der Waals surface area (Å²) in [6, 6.07) is 178. The molecule has 0 spiro atoms. The largest absolute Gasteiger partial charge is 0.456 e. The Morgan fingerprint density at radius 1 is 0.113 bits per heavy atom. The summed E-state index contributed by atoms with van der Waals surface area (Å²) < 4.78 is 12.2. The fourth-order valence-electron chi connectivity index (χ4n) is 17.4. The first-order chi connectivity index (χ1) is 61.4. The van der Waals surface area contributed by atoms with Crippen LogP contribution < -0.4 is 9.80 Å². The molecule has 0 saturated carbocycles. The van der Waals surface area contributed by atoms with Crippen molar-refractivity contribution in [3.8, 4) is 134 Å². The summed E-state index contributed by atoms with van der Waals surface area (Å²) in [7, 11) is 0. The number of hydrogen-bond acceptors (Lipinski definition) is 4. The van der Waals surface area contributed by atoms with E-state index in [-0.39, 0.29) is 0 Å². The molecule has 4 nitrogen and oxygen atoms in total. The third-order valence-electron chi connectivity index (χ3n) is 23.9. The van der Waals surface area contributed by atoms with E-state index in [0.29, 0.717) is 0 Å². The van der Waals surface area contributed by atoms with Crippen molar-refractivity contribution in [3.63, 3.8) is 0 Å². The summed E-state index contributed by atoms with van der Waals surface area (Å²) in [5, 5.41) is 4.56. The molecule has 0 aliphatic heterocycles. The van der Waals surface area contributed by atoms with Gasteiger partial charge in [0.15, 0.2) is 0 Å². The second-order valence-electron chi connectivity index (χ2n) is 31.4. The summed E-state index contributed by atoms with van der Waals surface area (Å²) in [6.07, 6.45) is 0. The van der Waals surface area contributed by atoms with Gasteiger partial charge in [0, 0.05) is 55.7 Å². The highest BCUT2D eigenvalue weighted by molar-refractivity contribution is 6.08. The molecule has 4 heteroatoms. The molecule has 20 aromatic carbocycles. The van der Waals surface area contributed by atoms with Crippen LogP contribution in [0.1, 0.15) is 0 Å². The molecule has 0 atom stereocenters. The molecule has 0 aliphatic carbocycles. The lowest BCUT2D eigenvalue weighted by Gasteiger charge is -2.26. The lowest BCUT2D eigenvalue weighted by Crippen LogP contribution is -2.09. The molecule has 0 fully saturated rings. The zero-order chi connectivity index (χ0) is 82.5. The van der Waals surface area contributed by atoms with E-state index >= 15 is 0 Å². The van der Waals surface area contributed by atoms with Gasteiger partial charge >= 0.3 is 0 Å². The first-order valence-electron chi connectivity index (χ1n) is 42.3. The van der Waals surface area contributed by atoms with Crippen LogP contribution in [0.4, 0.5) is 34.1 Å². The minimum Gasteiger partial charge on any atom is -0.456 e. The van der Waals surface area contributed by atoms with Crippen molar-refractivity contribution in [2.45, 2.75) is 0 Å². The van der Waals surface area contributed by atoms with E-state index in [0.717, 1.165) is 83.6 Å². The molecule has 22 aromatic rings. The van der Waals surface area contributed by atoms with E-state index in [4.69, 9.17) is 8.83 Å². The summed E-state index contributed by atoms with van der Waals surface area (Å²) >= 11 is 0. The van der Waals surface area contributed by atoms with Crippen molar-refractivity contribution >= 4 is 78.0 Å². The maximum absolute atomic E-state index is 6.09. The van der Waals surface area contributed by atoms with Crippen molar-refractivity contribution in [1.82, 2.24) is 0 Å². The number of hydrogen-bond donors (Lipinski definition) is 0. The second kappa shape index (κ2) is 33.8. The fourth-order valence-corrected chi connectivity index (χ4v) is 17.4. The highest BCUT2D eigenvalue weighted by Gasteiger charge is 2.20. The number of benzene rings is 20. The monoisotopic (exact) mass is 1580 g/mol. The van der Waals surface area contributed by atoms with Crippen LogP contribution in [0.15, 0.2) is 506 Å². The number of para-hydroxylation sites is 2. The molecule has 2 aromatic heterocycles. The van der Waals surface area contributed by atoms with Crippen molar-refractivity contribution in [1.29, 1.82) is 0 Å². The number of nitrogens with zero attached hydrogens (tertiary/aromatic N) is 2. The van der Waals surface area contributed by atoms with Gasteiger partial charge in [-0.15, -0.1) is 0 Å². The Hall–Kier alpha value is -16.4. The van der Waals surface area contributed by atoms with E-state index in [9.17, 15) is 0 Å². The maximum atomic E-state index is 6.09. The van der Waals surface area contributed by atoms with Gasteiger partial charge in [-0.1, -0.05) is 382 Å². The highest BCUT2D eigenvalue weighted by atomic mass is 16.3. The van der Waals surface area contributed by atoms with Crippen LogP contribution in [0.2, 0.25) is 0 Å². The molecule has 0 amide bonds. The van der Waals surface area contributed by atoms with Crippen LogP contribution in [0.5, 0.6) is 0 Å². The first kappa shape index (κ1) is 75.1. The molecule has 2 heterocycles. The number of anilines is 6. The van der Waals surface area contributed by atoms with Crippen molar-refractivity contribution < 1.29 is 8.83 Å². The zero-order valence-electron chi connectivity index (χ0n) is 68.1. The Morgan fingerprint density at radius 2 is 0.290 bits per heavy atom. The van der Waals surface area contributed by atoms with Gasteiger partial charge in [0.2, 0.25) is 0 Å². The normalized spacial score (nSPS) is 11.2. The highest BCUT2D eigenvalue weighted by Crippen LogP contribution is 2.45. The minimum atomic E-state index is 0.911. The van der Waals surface area contributed by atoms with E-state index in [2.05, 4.69) is 483 Å². The number of fused-ring (bicyclic) bond motifs is 6. The van der Waals surface area contributed by atoms with Gasteiger partial charge in [-0.3, -0.25) is 0 Å². The summed E-state index contributed by atoms with van der Waals surface area (Å²) in [5.41, 5.74) is 38.8. The average Bonchev–Trinajstić information content (AvgIpc) is 1.68. The standard InChI is InChI=1S/2C60H41NO/c1-3-13-45(14-4-1)53-17-7-9-19-55(53)47-29-36-51(37-30-47)61(52-38-31-48(32-39-52)56-20-10-8-18-54(56)46-15-5-2-6-16-46)50-34-27-43(28-35-50)42-23-25-44(26-24-42)49-33-40-60-58(41-49)57-21-11-12-22-59(57)62-60;1-3-10-42(11-4-1)44-18-20-45(21-19-44)47-26-33-54(34-27-47)61(56-37-30-50(31-38-56)52-15-9-14-51(40-52)43-12-5-2-6-13-43)55-35-28-48(29-36-55)46-22-24-49(25-23-46)53-32-39-60-58(41-53)57-16-7-8-17-59(57)62-60/h2*1-41H. The van der Waals surface area contributed by atoms with Crippen molar-refractivity contribution in [3.05, 3.63) is 497 Å². The summed E-state index contributed by atoms with van der Waals surface area (Å²) in [4.78, 5) is 4.69. The van der Waals surface area contributed by atoms with Crippen molar-refractivity contribution in [2.75, 3.05) is 9.80 Å². The molecule has 584 valence electrons. The van der Waals surface area contributed by atoms with Gasteiger partial charge in [-0.05, 0) is 249 Å². The van der Waals surface area contributed by atoms with E-state index in [1.54, 1.807) is 0 Å². The summed E-state index contributed by atoms with van der Waals surface area (Å²) in [5.74, 6) is 0. The number of furan rings is 2. The van der Waals surface area contributed by atoms with E-state index < -0.39 is 0 Å². The predicted octanol–water partition coefficient (Wildman–Crippen LogP) is 34.1.